The average Bonchev–Trinajstić information content (AvgIpc) is 2.49. The van der Waals surface area contributed by atoms with Crippen molar-refractivity contribution in [3.63, 3.8) is 0 Å². The minimum Gasteiger partial charge on any atom is -0.342 e. The number of fused-ring (bicyclic) bond motifs is 1. The van der Waals surface area contributed by atoms with Gasteiger partial charge in [0.2, 0.25) is 0 Å². The Morgan fingerprint density at radius 2 is 2.38 bits per heavy atom. The van der Waals surface area contributed by atoms with Gasteiger partial charge in [-0.05, 0) is 0 Å². The van der Waals surface area contributed by atoms with E-state index in [0.717, 1.165) is 0 Å². The molecule has 0 fully saturated rings. The van der Waals surface area contributed by atoms with Crippen LogP contribution in [0, 0.1) is 10.1 Å². The number of nitrogens with one attached hydrogen (secondary N) is 1. The third-order valence-electron chi connectivity index (χ3n) is 1.31. The first kappa shape index (κ1) is 7.40. The van der Waals surface area contributed by atoms with E-state index in [1.807, 2.05) is 0 Å². The summed E-state index contributed by atoms with van der Waals surface area (Å²) in [4.78, 5) is 27.7. The molecule has 0 bridgehead atoms. The van der Waals surface area contributed by atoms with Crippen molar-refractivity contribution in [2.24, 2.45) is 0 Å². The molecule has 1 N–H and O–H groups in total. The minimum absolute atomic E-state index is 0.326. The monoisotopic (exact) mass is 181 g/mol. The Bertz CT molecular complexity index is 452. The maximum Gasteiger partial charge on any atom is 0.311 e. The lowest BCUT2D eigenvalue weighted by Crippen LogP contribution is -2.06. The van der Waals surface area contributed by atoms with E-state index in [1.54, 1.807) is 0 Å². The van der Waals surface area contributed by atoms with Crippen LogP contribution in [0.25, 0.3) is 11.2 Å². The zero-order valence-corrected chi connectivity index (χ0v) is 6.17. The Labute approximate surface area is 70.7 Å². The molecule has 0 saturated heterocycles. The number of aromatic nitrogens is 4. The third-order valence-corrected chi connectivity index (χ3v) is 1.31. The predicted octanol–water partition coefficient (Wildman–Crippen LogP) is -0.0766. The van der Waals surface area contributed by atoms with E-state index in [0.29, 0.717) is 11.2 Å². The molecule has 2 aromatic rings. The van der Waals surface area contributed by atoms with Gasteiger partial charge in [-0.3, -0.25) is 0 Å². The Morgan fingerprint density at radius 1 is 1.54 bits per heavy atom. The summed E-state index contributed by atoms with van der Waals surface area (Å²) in [5.41, 5.74) is 0.919. The predicted molar refractivity (Wildman–Crippen MR) is 39.3 cm³/mol. The molecule has 2 heterocycles. The van der Waals surface area contributed by atoms with Crippen molar-refractivity contribution in [2.45, 2.75) is 0 Å². The van der Waals surface area contributed by atoms with Gasteiger partial charge in [-0.25, -0.2) is 14.8 Å². The summed E-state index contributed by atoms with van der Waals surface area (Å²) in [7, 11) is 0. The zero-order chi connectivity index (χ0) is 9.26. The van der Waals surface area contributed by atoms with Gasteiger partial charge in [-0.2, -0.15) is 4.98 Å². The number of aromatic amines is 1. The number of H-pyrrole nitrogens is 1. The molecule has 2 aromatic heterocycles. The highest BCUT2D eigenvalue weighted by Gasteiger charge is 2.05. The lowest BCUT2D eigenvalue weighted by atomic mass is 10.6. The lowest BCUT2D eigenvalue weighted by Gasteiger charge is -1.93. The normalized spacial score (nSPS) is 10.2. The first-order valence-electron chi connectivity index (χ1n) is 3.24. The first-order chi connectivity index (χ1) is 6.25. The van der Waals surface area contributed by atoms with Gasteiger partial charge in [0.05, 0.1) is 12.5 Å². The van der Waals surface area contributed by atoms with Crippen LogP contribution in [0.5, 0.6) is 6.01 Å². The van der Waals surface area contributed by atoms with Gasteiger partial charge in [0.25, 0.3) is 0 Å². The minimum atomic E-state index is -0.978. The molecule has 0 unspecified atom stereocenters. The molecule has 8 nitrogen and oxygen atoms in total. The van der Waals surface area contributed by atoms with Crippen LogP contribution < -0.4 is 4.84 Å². The molecular formula is C5H3N5O3. The van der Waals surface area contributed by atoms with Crippen LogP contribution in [0.15, 0.2) is 12.5 Å². The fraction of sp³-hybridized carbons (Fsp3) is 0. The second-order valence-electron chi connectivity index (χ2n) is 2.11. The lowest BCUT2D eigenvalue weighted by molar-refractivity contribution is -0.713. The third kappa shape index (κ3) is 1.36. The molecule has 0 saturated carbocycles. The van der Waals surface area contributed by atoms with E-state index >= 15 is 0 Å². The Kier molecular flexibility index (Phi) is 1.51. The number of nitrogens with zero attached hydrogens (tertiary/aromatic N) is 4. The summed E-state index contributed by atoms with van der Waals surface area (Å²) in [6.45, 7) is 0. The summed E-state index contributed by atoms with van der Waals surface area (Å²) in [6.07, 6.45) is 2.77. The SMILES string of the molecule is O=[N+]([O-])Oc1ncc2[nH]cnc2n1. The Balaban J connectivity index is 2.42. The molecule has 0 radical (unpaired) electrons. The number of rotatable bonds is 2. The van der Waals surface area contributed by atoms with Crippen molar-refractivity contribution in [2.75, 3.05) is 0 Å². The quantitative estimate of drug-likeness (QED) is 0.513. The molecule has 0 spiro atoms. The summed E-state index contributed by atoms with van der Waals surface area (Å²) >= 11 is 0. The highest BCUT2D eigenvalue weighted by atomic mass is 17.0. The molecule has 66 valence electrons. The molecule has 0 aliphatic rings. The van der Waals surface area contributed by atoms with Crippen LogP contribution in [0.4, 0.5) is 0 Å². The van der Waals surface area contributed by atoms with Gasteiger partial charge in [-0.1, -0.05) is 0 Å². The topological polar surface area (TPSA) is 107 Å². The smallest absolute Gasteiger partial charge is 0.311 e. The van der Waals surface area contributed by atoms with Gasteiger partial charge in [0, 0.05) is 0 Å². The molecule has 8 heteroatoms. The highest BCUT2D eigenvalue weighted by Crippen LogP contribution is 2.08. The molecule has 2 rings (SSSR count). The summed E-state index contributed by atoms with van der Waals surface area (Å²) in [6, 6.07) is -0.329. The number of imidazole rings is 1. The molecule has 0 amide bonds. The van der Waals surface area contributed by atoms with Crippen LogP contribution in [0.3, 0.4) is 0 Å². The van der Waals surface area contributed by atoms with Gasteiger partial charge in [0.1, 0.15) is 5.52 Å². The van der Waals surface area contributed by atoms with Crippen LogP contribution >= 0.6 is 0 Å². The fourth-order valence-corrected chi connectivity index (χ4v) is 0.831. The number of hydrogen-bond acceptors (Lipinski definition) is 6. The van der Waals surface area contributed by atoms with Gasteiger partial charge >= 0.3 is 11.1 Å². The summed E-state index contributed by atoms with van der Waals surface area (Å²) in [5, 5.41) is 8.94. The summed E-state index contributed by atoms with van der Waals surface area (Å²) in [5.74, 6) is 0. The van der Waals surface area contributed by atoms with Gasteiger partial charge < -0.3 is 4.98 Å². The maximum absolute atomic E-state index is 9.92. The first-order valence-corrected chi connectivity index (χ1v) is 3.24. The Hall–Kier alpha value is -2.25. The van der Waals surface area contributed by atoms with Crippen LogP contribution in [0.1, 0.15) is 0 Å². The fourth-order valence-electron chi connectivity index (χ4n) is 0.831. The maximum atomic E-state index is 9.92. The number of hydrogen-bond donors (Lipinski definition) is 1. The molecule has 0 aliphatic heterocycles. The van der Waals surface area contributed by atoms with Crippen LogP contribution in [-0.4, -0.2) is 25.0 Å². The Morgan fingerprint density at radius 3 is 3.15 bits per heavy atom. The van der Waals surface area contributed by atoms with Crippen molar-refractivity contribution in [3.05, 3.63) is 22.6 Å². The van der Waals surface area contributed by atoms with E-state index in [-0.39, 0.29) is 6.01 Å². The van der Waals surface area contributed by atoms with Crippen molar-refractivity contribution >= 4 is 11.2 Å². The second kappa shape index (κ2) is 2.66. The summed E-state index contributed by atoms with van der Waals surface area (Å²) < 4.78 is 0. The van der Waals surface area contributed by atoms with Gasteiger partial charge in [0.15, 0.2) is 5.65 Å². The van der Waals surface area contributed by atoms with Crippen LogP contribution in [0.2, 0.25) is 0 Å². The van der Waals surface area contributed by atoms with E-state index in [4.69, 9.17) is 0 Å². The molecule has 0 aliphatic carbocycles. The van der Waals surface area contributed by atoms with E-state index < -0.39 is 5.09 Å². The van der Waals surface area contributed by atoms with Crippen LogP contribution in [-0.2, 0) is 0 Å². The van der Waals surface area contributed by atoms with Crippen molar-refractivity contribution < 1.29 is 9.92 Å². The van der Waals surface area contributed by atoms with E-state index in [2.05, 4.69) is 24.8 Å². The second-order valence-corrected chi connectivity index (χ2v) is 2.11. The molecule has 0 aromatic carbocycles. The molecule has 13 heavy (non-hydrogen) atoms. The van der Waals surface area contributed by atoms with Crippen molar-refractivity contribution in [1.82, 2.24) is 19.9 Å². The standard InChI is InChI=1S/C5H3N5O3/c11-10(12)13-5-6-1-3-4(9-5)8-2-7-3/h1-2H,(H,6,7,8,9). The zero-order valence-electron chi connectivity index (χ0n) is 6.17. The molecular weight excluding hydrogens is 178 g/mol. The molecule has 0 atom stereocenters. The average molecular weight is 181 g/mol. The van der Waals surface area contributed by atoms with E-state index in [1.165, 1.54) is 12.5 Å². The largest absolute Gasteiger partial charge is 0.342 e. The van der Waals surface area contributed by atoms with E-state index in [9.17, 15) is 10.1 Å². The highest BCUT2D eigenvalue weighted by molar-refractivity contribution is 5.68. The van der Waals surface area contributed by atoms with Crippen molar-refractivity contribution in [1.29, 1.82) is 0 Å². The van der Waals surface area contributed by atoms with Crippen molar-refractivity contribution in [3.8, 4) is 6.01 Å². The van der Waals surface area contributed by atoms with Gasteiger partial charge in [-0.15, -0.1) is 10.1 Å².